The number of halogens is 1. The fraction of sp³-hybridized carbons (Fsp3) is 0.158. The summed E-state index contributed by atoms with van der Waals surface area (Å²) in [6.45, 7) is 2.19. The van der Waals surface area contributed by atoms with E-state index in [1.54, 1.807) is 0 Å². The maximum Gasteiger partial charge on any atom is 0.0511 e. The molecular weight excluding hydrogens is 278 g/mol. The van der Waals surface area contributed by atoms with E-state index in [-0.39, 0.29) is 0 Å². The Morgan fingerprint density at radius 1 is 0.905 bits per heavy atom. The van der Waals surface area contributed by atoms with E-state index < -0.39 is 0 Å². The molecule has 1 nitrogen and oxygen atoms in total. The van der Waals surface area contributed by atoms with Gasteiger partial charge in [0.1, 0.15) is 0 Å². The molecule has 21 heavy (non-hydrogen) atoms. The van der Waals surface area contributed by atoms with Gasteiger partial charge in [0.2, 0.25) is 0 Å². The van der Waals surface area contributed by atoms with E-state index in [1.165, 1.54) is 16.3 Å². The van der Waals surface area contributed by atoms with Crippen molar-refractivity contribution in [3.63, 3.8) is 0 Å². The molecular formula is C19H18ClN. The van der Waals surface area contributed by atoms with Crippen LogP contribution in [0.25, 0.3) is 10.8 Å². The summed E-state index contributed by atoms with van der Waals surface area (Å²) in [5, 5.41) is 6.91. The Hall–Kier alpha value is -1.99. The molecule has 3 aromatic rings. The molecule has 3 rings (SSSR count). The van der Waals surface area contributed by atoms with Crippen LogP contribution in [0.5, 0.6) is 0 Å². The molecule has 0 fully saturated rings. The van der Waals surface area contributed by atoms with E-state index in [2.05, 4.69) is 66.8 Å². The summed E-state index contributed by atoms with van der Waals surface area (Å²) < 4.78 is 0. The number of hydrogen-bond donors (Lipinski definition) is 1. The molecule has 0 saturated carbocycles. The Morgan fingerprint density at radius 2 is 1.62 bits per heavy atom. The van der Waals surface area contributed by atoms with E-state index in [1.807, 2.05) is 12.1 Å². The molecule has 0 heterocycles. The summed E-state index contributed by atoms with van der Waals surface area (Å²) in [6.07, 6.45) is 1.02. The molecule has 0 aromatic heterocycles. The van der Waals surface area contributed by atoms with Gasteiger partial charge in [-0.3, -0.25) is 0 Å². The molecule has 1 atom stereocenters. The molecule has 0 saturated heterocycles. The third kappa shape index (κ3) is 3.20. The van der Waals surface area contributed by atoms with Gasteiger partial charge >= 0.3 is 0 Å². The number of fused-ring (bicyclic) bond motifs is 1. The third-order valence-corrected chi connectivity index (χ3v) is 4.02. The van der Waals surface area contributed by atoms with E-state index in [4.69, 9.17) is 11.6 Å². The highest BCUT2D eigenvalue weighted by atomic mass is 35.5. The van der Waals surface area contributed by atoms with E-state index in [0.29, 0.717) is 6.04 Å². The molecule has 0 spiro atoms. The molecule has 0 amide bonds. The highest BCUT2D eigenvalue weighted by Gasteiger charge is 2.09. The van der Waals surface area contributed by atoms with Crippen LogP contribution in [0, 0.1) is 0 Å². The summed E-state index contributed by atoms with van der Waals surface area (Å²) >= 11 is 5.96. The standard InChI is InChI=1S/C19H18ClN/c1-2-19(15-7-10-17(20)11-8-15)21-18-12-9-14-5-3-4-6-16(14)13-18/h3-13,19,21H,2H2,1H3. The maximum absolute atomic E-state index is 5.96. The van der Waals surface area contributed by atoms with Crippen molar-refractivity contribution < 1.29 is 0 Å². The van der Waals surface area contributed by atoms with Gasteiger partial charge < -0.3 is 5.32 Å². The largest absolute Gasteiger partial charge is 0.378 e. The Kier molecular flexibility index (Phi) is 4.12. The number of benzene rings is 3. The average molecular weight is 296 g/mol. The van der Waals surface area contributed by atoms with Crippen molar-refractivity contribution in [1.29, 1.82) is 0 Å². The first-order valence-electron chi connectivity index (χ1n) is 7.27. The number of rotatable bonds is 4. The quantitative estimate of drug-likeness (QED) is 0.617. The van der Waals surface area contributed by atoms with Crippen molar-refractivity contribution in [1.82, 2.24) is 0 Å². The predicted octanol–water partition coefficient (Wildman–Crippen LogP) is 6.06. The number of hydrogen-bond acceptors (Lipinski definition) is 1. The van der Waals surface area contributed by atoms with Gasteiger partial charge in [-0.2, -0.15) is 0 Å². The Bertz CT molecular complexity index is 734. The molecule has 0 aliphatic heterocycles. The maximum atomic E-state index is 5.96. The van der Waals surface area contributed by atoms with Gasteiger partial charge in [0.05, 0.1) is 6.04 Å². The van der Waals surface area contributed by atoms with Crippen molar-refractivity contribution in [2.45, 2.75) is 19.4 Å². The highest BCUT2D eigenvalue weighted by Crippen LogP contribution is 2.26. The first-order valence-corrected chi connectivity index (χ1v) is 7.65. The van der Waals surface area contributed by atoms with Crippen LogP contribution in [-0.2, 0) is 0 Å². The second kappa shape index (κ2) is 6.19. The lowest BCUT2D eigenvalue weighted by atomic mass is 10.0. The first kappa shape index (κ1) is 14.0. The van der Waals surface area contributed by atoms with Crippen molar-refractivity contribution in [3.05, 3.63) is 77.3 Å². The predicted molar refractivity (Wildman–Crippen MR) is 92.1 cm³/mol. The van der Waals surface area contributed by atoms with Crippen LogP contribution in [0.3, 0.4) is 0 Å². The minimum atomic E-state index is 0.295. The Labute approximate surface area is 130 Å². The topological polar surface area (TPSA) is 12.0 Å². The van der Waals surface area contributed by atoms with E-state index >= 15 is 0 Å². The van der Waals surface area contributed by atoms with Gasteiger partial charge in [-0.25, -0.2) is 0 Å². The average Bonchev–Trinajstić information content (AvgIpc) is 2.53. The summed E-state index contributed by atoms with van der Waals surface area (Å²) in [5.41, 5.74) is 2.41. The fourth-order valence-corrected chi connectivity index (χ4v) is 2.72. The van der Waals surface area contributed by atoms with Crippen LogP contribution >= 0.6 is 11.6 Å². The fourth-order valence-electron chi connectivity index (χ4n) is 2.60. The van der Waals surface area contributed by atoms with Crippen molar-refractivity contribution in [2.75, 3.05) is 5.32 Å². The third-order valence-electron chi connectivity index (χ3n) is 3.77. The van der Waals surface area contributed by atoms with E-state index in [0.717, 1.165) is 17.1 Å². The van der Waals surface area contributed by atoms with Crippen molar-refractivity contribution >= 4 is 28.1 Å². The van der Waals surface area contributed by atoms with Crippen molar-refractivity contribution in [2.24, 2.45) is 0 Å². The van der Waals surface area contributed by atoms with Gasteiger partial charge in [0.15, 0.2) is 0 Å². The summed E-state index contributed by atoms with van der Waals surface area (Å²) in [6, 6.07) is 23.3. The number of anilines is 1. The van der Waals surface area contributed by atoms with Gasteiger partial charge in [-0.15, -0.1) is 0 Å². The van der Waals surface area contributed by atoms with Crippen LogP contribution in [0.15, 0.2) is 66.7 Å². The molecule has 0 bridgehead atoms. The molecule has 0 aliphatic rings. The van der Waals surface area contributed by atoms with Crippen LogP contribution in [0.2, 0.25) is 5.02 Å². The zero-order chi connectivity index (χ0) is 14.7. The molecule has 1 unspecified atom stereocenters. The molecule has 0 radical (unpaired) electrons. The van der Waals surface area contributed by atoms with Gasteiger partial charge in [0, 0.05) is 10.7 Å². The zero-order valence-electron chi connectivity index (χ0n) is 12.0. The molecule has 0 aliphatic carbocycles. The van der Waals surface area contributed by atoms with Crippen molar-refractivity contribution in [3.8, 4) is 0 Å². The molecule has 106 valence electrons. The molecule has 3 aromatic carbocycles. The van der Waals surface area contributed by atoms with Gasteiger partial charge in [0.25, 0.3) is 0 Å². The van der Waals surface area contributed by atoms with E-state index in [9.17, 15) is 0 Å². The Balaban J connectivity index is 1.86. The summed E-state index contributed by atoms with van der Waals surface area (Å²) in [5.74, 6) is 0. The van der Waals surface area contributed by atoms with Crippen LogP contribution in [0.1, 0.15) is 24.9 Å². The monoisotopic (exact) mass is 295 g/mol. The normalized spacial score (nSPS) is 12.3. The molecule has 1 N–H and O–H groups in total. The lowest BCUT2D eigenvalue weighted by Crippen LogP contribution is -2.09. The highest BCUT2D eigenvalue weighted by molar-refractivity contribution is 6.30. The molecule has 2 heteroatoms. The second-order valence-corrected chi connectivity index (χ2v) is 5.66. The summed E-state index contributed by atoms with van der Waals surface area (Å²) in [7, 11) is 0. The summed E-state index contributed by atoms with van der Waals surface area (Å²) in [4.78, 5) is 0. The van der Waals surface area contributed by atoms with Gasteiger partial charge in [-0.05, 0) is 47.0 Å². The van der Waals surface area contributed by atoms with Crippen LogP contribution in [0.4, 0.5) is 5.69 Å². The Morgan fingerprint density at radius 3 is 2.33 bits per heavy atom. The lowest BCUT2D eigenvalue weighted by molar-refractivity contribution is 0.750. The van der Waals surface area contributed by atoms with Crippen LogP contribution < -0.4 is 5.32 Å². The zero-order valence-corrected chi connectivity index (χ0v) is 12.8. The van der Waals surface area contributed by atoms with Gasteiger partial charge in [-0.1, -0.05) is 61.0 Å². The smallest absolute Gasteiger partial charge is 0.0511 e. The lowest BCUT2D eigenvalue weighted by Gasteiger charge is -2.19. The minimum absolute atomic E-state index is 0.295. The van der Waals surface area contributed by atoms with Crippen LogP contribution in [-0.4, -0.2) is 0 Å². The SMILES string of the molecule is CCC(Nc1ccc2ccccc2c1)c1ccc(Cl)cc1. The first-order chi connectivity index (χ1) is 10.3. The minimum Gasteiger partial charge on any atom is -0.378 e. The number of nitrogens with one attached hydrogen (secondary N) is 1. The second-order valence-electron chi connectivity index (χ2n) is 5.22.